The number of fused-ring (bicyclic) bond motifs is 1. The molecule has 2 aromatic rings. The maximum Gasteiger partial charge on any atom is 0.212 e. The summed E-state index contributed by atoms with van der Waals surface area (Å²) >= 11 is 0. The van der Waals surface area contributed by atoms with Crippen molar-refractivity contribution >= 4 is 10.9 Å². The van der Waals surface area contributed by atoms with Crippen LogP contribution in [0.15, 0.2) is 36.5 Å². The number of unbranched alkanes of at least 4 members (excludes halogenated alkanes) is 8. The molecule has 0 aliphatic rings. The fourth-order valence-electron chi connectivity index (χ4n) is 4.27. The monoisotopic (exact) mass is 368 g/mol. The molecule has 1 aromatic heterocycles. The first-order chi connectivity index (χ1) is 13.3. The van der Waals surface area contributed by atoms with Gasteiger partial charge >= 0.3 is 0 Å². The van der Waals surface area contributed by atoms with Crippen molar-refractivity contribution in [2.24, 2.45) is 5.92 Å². The van der Waals surface area contributed by atoms with E-state index >= 15 is 0 Å². The van der Waals surface area contributed by atoms with Crippen LogP contribution < -0.4 is 4.57 Å². The highest BCUT2D eigenvalue weighted by Gasteiger charge is 2.17. The van der Waals surface area contributed by atoms with Gasteiger partial charge in [-0.25, -0.2) is 0 Å². The topological polar surface area (TPSA) is 3.88 Å². The number of aryl methyl sites for hydroxylation is 1. The van der Waals surface area contributed by atoms with E-state index in [1.54, 1.807) is 0 Å². The van der Waals surface area contributed by atoms with Crippen molar-refractivity contribution in [1.29, 1.82) is 0 Å². The molecule has 2 rings (SSSR count). The predicted molar refractivity (Wildman–Crippen MR) is 119 cm³/mol. The van der Waals surface area contributed by atoms with Gasteiger partial charge in [-0.05, 0) is 31.4 Å². The third-order valence-electron chi connectivity index (χ3n) is 6.03. The third-order valence-corrected chi connectivity index (χ3v) is 6.03. The van der Waals surface area contributed by atoms with Crippen LogP contribution in [0, 0.1) is 12.8 Å². The first-order valence-corrected chi connectivity index (χ1v) is 11.6. The molecule has 0 saturated carbocycles. The summed E-state index contributed by atoms with van der Waals surface area (Å²) in [5.74, 6) is 0.823. The van der Waals surface area contributed by atoms with Gasteiger partial charge in [0.2, 0.25) is 5.52 Å². The molecule has 0 bridgehead atoms. The second-order valence-electron chi connectivity index (χ2n) is 8.44. The average molecular weight is 369 g/mol. The Kier molecular flexibility index (Phi) is 10.5. The molecule has 0 aliphatic heterocycles. The molecule has 1 heterocycles. The largest absolute Gasteiger partial charge is 0.212 e. The summed E-state index contributed by atoms with van der Waals surface area (Å²) < 4.78 is 2.52. The molecule has 0 radical (unpaired) electrons. The third kappa shape index (κ3) is 7.64. The van der Waals surface area contributed by atoms with Crippen molar-refractivity contribution in [3.05, 3.63) is 42.1 Å². The van der Waals surface area contributed by atoms with Gasteiger partial charge in [-0.15, -0.1) is 0 Å². The minimum atomic E-state index is 0.823. The number of pyridine rings is 1. The molecule has 1 aromatic carbocycles. The molecule has 0 fully saturated rings. The van der Waals surface area contributed by atoms with Gasteiger partial charge < -0.3 is 0 Å². The van der Waals surface area contributed by atoms with Crippen LogP contribution in [0.4, 0.5) is 0 Å². The Morgan fingerprint density at radius 1 is 0.741 bits per heavy atom. The molecule has 27 heavy (non-hydrogen) atoms. The lowest BCUT2D eigenvalue weighted by Gasteiger charge is -2.15. The number of para-hydroxylation sites is 1. The van der Waals surface area contributed by atoms with Gasteiger partial charge in [0.05, 0.1) is 0 Å². The van der Waals surface area contributed by atoms with E-state index in [1.807, 2.05) is 0 Å². The minimum Gasteiger partial charge on any atom is -0.198 e. The van der Waals surface area contributed by atoms with Gasteiger partial charge in [-0.3, -0.25) is 0 Å². The predicted octanol–water partition coefficient (Wildman–Crippen LogP) is 7.77. The van der Waals surface area contributed by atoms with E-state index in [0.717, 1.165) is 5.92 Å². The highest BCUT2D eigenvalue weighted by atomic mass is 14.9. The Labute approximate surface area is 168 Å². The van der Waals surface area contributed by atoms with Gasteiger partial charge in [-0.2, -0.15) is 4.57 Å². The summed E-state index contributed by atoms with van der Waals surface area (Å²) in [6.07, 6.45) is 19.1. The first-order valence-electron chi connectivity index (χ1n) is 11.6. The van der Waals surface area contributed by atoms with Gasteiger partial charge in [0, 0.05) is 23.4 Å². The first kappa shape index (κ1) is 21.9. The normalized spacial score (nSPS) is 12.6. The lowest BCUT2D eigenvalue weighted by molar-refractivity contribution is -0.678. The Morgan fingerprint density at radius 3 is 2.04 bits per heavy atom. The van der Waals surface area contributed by atoms with E-state index in [2.05, 4.69) is 61.9 Å². The number of benzene rings is 1. The van der Waals surface area contributed by atoms with E-state index in [9.17, 15) is 0 Å². The van der Waals surface area contributed by atoms with Crippen molar-refractivity contribution in [2.45, 2.75) is 104 Å². The SMILES string of the molecule is CCCCCCCCC(CCCCCC)C[n+]1ccc(C)c2ccccc21. The number of aromatic nitrogens is 1. The molecule has 0 amide bonds. The molecular formula is C26H42N+. The van der Waals surface area contributed by atoms with Crippen LogP contribution in [0.2, 0.25) is 0 Å². The fourth-order valence-corrected chi connectivity index (χ4v) is 4.27. The molecule has 1 unspecified atom stereocenters. The average Bonchev–Trinajstić information content (AvgIpc) is 2.69. The highest BCUT2D eigenvalue weighted by molar-refractivity contribution is 5.78. The highest BCUT2D eigenvalue weighted by Crippen LogP contribution is 2.21. The Balaban J connectivity index is 1.97. The summed E-state index contributed by atoms with van der Waals surface area (Å²) in [5, 5.41) is 1.41. The summed E-state index contributed by atoms with van der Waals surface area (Å²) in [6.45, 7) is 8.02. The number of hydrogen-bond donors (Lipinski definition) is 0. The smallest absolute Gasteiger partial charge is 0.198 e. The molecule has 1 nitrogen and oxygen atoms in total. The van der Waals surface area contributed by atoms with Crippen LogP contribution in [0.1, 0.15) is 96.5 Å². The van der Waals surface area contributed by atoms with Crippen LogP contribution in [-0.4, -0.2) is 0 Å². The molecule has 150 valence electrons. The van der Waals surface area contributed by atoms with Crippen molar-refractivity contribution in [2.75, 3.05) is 0 Å². The van der Waals surface area contributed by atoms with E-state index in [1.165, 1.54) is 100 Å². The zero-order valence-electron chi connectivity index (χ0n) is 18.2. The molecule has 0 N–H and O–H groups in total. The minimum absolute atomic E-state index is 0.823. The Morgan fingerprint density at radius 2 is 1.33 bits per heavy atom. The molecule has 0 spiro atoms. The Hall–Kier alpha value is -1.37. The number of hydrogen-bond acceptors (Lipinski definition) is 0. The van der Waals surface area contributed by atoms with Gasteiger partial charge in [0.1, 0.15) is 0 Å². The van der Waals surface area contributed by atoms with Crippen LogP contribution in [0.25, 0.3) is 10.9 Å². The zero-order valence-corrected chi connectivity index (χ0v) is 18.2. The molecule has 0 aliphatic carbocycles. The van der Waals surface area contributed by atoms with Gasteiger partial charge in [0.25, 0.3) is 0 Å². The van der Waals surface area contributed by atoms with Gasteiger partial charge in [-0.1, -0.05) is 90.2 Å². The summed E-state index contributed by atoms with van der Waals surface area (Å²) in [7, 11) is 0. The van der Waals surface area contributed by atoms with E-state index in [4.69, 9.17) is 0 Å². The second-order valence-corrected chi connectivity index (χ2v) is 8.44. The standard InChI is InChI=1S/C26H42N/c1-4-6-8-10-11-13-17-24(16-12-9-7-5-2)22-27-21-20-23(3)25-18-14-15-19-26(25)27/h14-15,18-21,24H,4-13,16-17,22H2,1-3H3/q+1. The van der Waals surface area contributed by atoms with Crippen LogP contribution in [-0.2, 0) is 6.54 Å². The zero-order chi connectivity index (χ0) is 19.3. The van der Waals surface area contributed by atoms with Crippen molar-refractivity contribution in [1.82, 2.24) is 0 Å². The van der Waals surface area contributed by atoms with Gasteiger partial charge in [0.15, 0.2) is 12.7 Å². The summed E-state index contributed by atoms with van der Waals surface area (Å²) in [4.78, 5) is 0. The van der Waals surface area contributed by atoms with Crippen molar-refractivity contribution in [3.8, 4) is 0 Å². The second kappa shape index (κ2) is 12.9. The quantitative estimate of drug-likeness (QED) is 0.237. The maximum absolute atomic E-state index is 2.52. The van der Waals surface area contributed by atoms with Crippen molar-refractivity contribution in [3.63, 3.8) is 0 Å². The van der Waals surface area contributed by atoms with E-state index < -0.39 is 0 Å². The van der Waals surface area contributed by atoms with E-state index in [0.29, 0.717) is 0 Å². The van der Waals surface area contributed by atoms with E-state index in [-0.39, 0.29) is 0 Å². The Bertz CT molecular complexity index is 646. The summed E-state index contributed by atoms with van der Waals surface area (Å²) in [6, 6.07) is 11.2. The fraction of sp³-hybridized carbons (Fsp3) is 0.654. The van der Waals surface area contributed by atoms with Crippen LogP contribution in [0.3, 0.4) is 0 Å². The lowest BCUT2D eigenvalue weighted by atomic mass is 9.93. The molecule has 0 saturated heterocycles. The number of rotatable bonds is 14. The molecular weight excluding hydrogens is 326 g/mol. The van der Waals surface area contributed by atoms with Crippen molar-refractivity contribution < 1.29 is 4.57 Å². The lowest BCUT2D eigenvalue weighted by Crippen LogP contribution is -2.38. The summed E-state index contributed by atoms with van der Waals surface area (Å²) in [5.41, 5.74) is 2.79. The van der Waals surface area contributed by atoms with Crippen LogP contribution in [0.5, 0.6) is 0 Å². The number of nitrogens with zero attached hydrogens (tertiary/aromatic N) is 1. The molecule has 1 heteroatoms. The van der Waals surface area contributed by atoms with Crippen LogP contribution >= 0.6 is 0 Å². The maximum atomic E-state index is 2.52. The molecule has 1 atom stereocenters.